The van der Waals surface area contributed by atoms with Gasteiger partial charge in [-0.05, 0) is 11.6 Å². The van der Waals surface area contributed by atoms with Crippen molar-refractivity contribution in [3.8, 4) is 6.07 Å². The number of nitriles is 1. The van der Waals surface area contributed by atoms with Crippen LogP contribution < -0.4 is 0 Å². The van der Waals surface area contributed by atoms with Crippen LogP contribution in [0.25, 0.3) is 0 Å². The van der Waals surface area contributed by atoms with E-state index in [4.69, 9.17) is 16.9 Å². The smallest absolute Gasteiger partial charge is 0.123 e. The van der Waals surface area contributed by atoms with E-state index in [1.54, 1.807) is 6.20 Å². The normalized spacial score (nSPS) is 10.0. The number of benzene rings is 1. The van der Waals surface area contributed by atoms with Crippen molar-refractivity contribution in [2.75, 3.05) is 0 Å². The largest absolute Gasteiger partial charge is 0.329 e. The third kappa shape index (κ3) is 2.07. The van der Waals surface area contributed by atoms with Crippen LogP contribution >= 0.6 is 11.6 Å². The number of hydrogen-bond donors (Lipinski definition) is 0. The molecule has 80 valence electrons. The number of rotatable bonds is 3. The average molecular weight is 232 g/mol. The van der Waals surface area contributed by atoms with Crippen molar-refractivity contribution in [1.82, 2.24) is 9.55 Å². The number of hydrogen-bond acceptors (Lipinski definition) is 2. The first-order valence-corrected chi connectivity index (χ1v) is 5.42. The molecule has 0 spiro atoms. The number of alkyl halides is 1. The van der Waals surface area contributed by atoms with E-state index < -0.39 is 0 Å². The molecule has 16 heavy (non-hydrogen) atoms. The van der Waals surface area contributed by atoms with Gasteiger partial charge in [0.1, 0.15) is 5.82 Å². The molecule has 0 radical (unpaired) electrons. The first kappa shape index (κ1) is 10.7. The molecule has 0 aliphatic carbocycles. The molecule has 0 bridgehead atoms. The van der Waals surface area contributed by atoms with Crippen LogP contribution in [-0.4, -0.2) is 9.55 Å². The van der Waals surface area contributed by atoms with Gasteiger partial charge in [0, 0.05) is 12.4 Å². The van der Waals surface area contributed by atoms with Gasteiger partial charge in [-0.25, -0.2) is 4.98 Å². The second kappa shape index (κ2) is 4.82. The van der Waals surface area contributed by atoms with E-state index >= 15 is 0 Å². The predicted octanol–water partition coefficient (Wildman–Crippen LogP) is 2.54. The highest BCUT2D eigenvalue weighted by Gasteiger charge is 2.05. The Balaban J connectivity index is 2.31. The Kier molecular flexibility index (Phi) is 3.23. The van der Waals surface area contributed by atoms with Gasteiger partial charge in [-0.2, -0.15) is 5.26 Å². The zero-order valence-electron chi connectivity index (χ0n) is 8.60. The molecule has 1 heterocycles. The summed E-state index contributed by atoms with van der Waals surface area (Å²) in [5.41, 5.74) is 1.67. The summed E-state index contributed by atoms with van der Waals surface area (Å²) in [5.74, 6) is 1.19. The van der Waals surface area contributed by atoms with Gasteiger partial charge in [0.05, 0.1) is 24.1 Å². The van der Waals surface area contributed by atoms with Crippen molar-refractivity contribution < 1.29 is 0 Å². The van der Waals surface area contributed by atoms with Gasteiger partial charge in [0.25, 0.3) is 0 Å². The Morgan fingerprint density at radius 2 is 2.19 bits per heavy atom. The predicted molar refractivity (Wildman–Crippen MR) is 62.0 cm³/mol. The lowest BCUT2D eigenvalue weighted by molar-refractivity contribution is 0.753. The van der Waals surface area contributed by atoms with Gasteiger partial charge in [0.2, 0.25) is 0 Å². The molecule has 0 amide bonds. The monoisotopic (exact) mass is 231 g/mol. The first-order chi connectivity index (χ1) is 7.85. The topological polar surface area (TPSA) is 41.6 Å². The summed E-state index contributed by atoms with van der Waals surface area (Å²) >= 11 is 5.76. The first-order valence-electron chi connectivity index (χ1n) is 4.89. The summed E-state index contributed by atoms with van der Waals surface area (Å²) < 4.78 is 1.95. The van der Waals surface area contributed by atoms with Gasteiger partial charge in [0.15, 0.2) is 0 Å². The maximum atomic E-state index is 8.97. The minimum Gasteiger partial charge on any atom is -0.329 e. The lowest BCUT2D eigenvalue weighted by Crippen LogP contribution is -2.04. The SMILES string of the molecule is N#Cc1ccccc1Cn1ccnc1CCl. The Labute approximate surface area is 98.9 Å². The second-order valence-corrected chi connectivity index (χ2v) is 3.64. The molecular weight excluding hydrogens is 222 g/mol. The molecule has 3 nitrogen and oxygen atoms in total. The van der Waals surface area contributed by atoms with Gasteiger partial charge in [-0.3, -0.25) is 0 Å². The minimum atomic E-state index is 0.377. The van der Waals surface area contributed by atoms with Crippen molar-refractivity contribution in [2.24, 2.45) is 0 Å². The van der Waals surface area contributed by atoms with E-state index in [-0.39, 0.29) is 0 Å². The van der Waals surface area contributed by atoms with Crippen molar-refractivity contribution in [1.29, 1.82) is 5.26 Å². The Morgan fingerprint density at radius 1 is 1.38 bits per heavy atom. The van der Waals surface area contributed by atoms with Crippen LogP contribution in [0.15, 0.2) is 36.7 Å². The molecular formula is C12H10ClN3. The quantitative estimate of drug-likeness (QED) is 0.762. The zero-order chi connectivity index (χ0) is 11.4. The number of nitrogens with zero attached hydrogens (tertiary/aromatic N) is 3. The lowest BCUT2D eigenvalue weighted by Gasteiger charge is -2.07. The maximum Gasteiger partial charge on any atom is 0.123 e. The number of halogens is 1. The van der Waals surface area contributed by atoms with Crippen LogP contribution in [0.4, 0.5) is 0 Å². The van der Waals surface area contributed by atoms with Crippen LogP contribution in [0, 0.1) is 11.3 Å². The summed E-state index contributed by atoms with van der Waals surface area (Å²) in [6.07, 6.45) is 3.58. The molecule has 0 unspecified atom stereocenters. The van der Waals surface area contributed by atoms with Gasteiger partial charge in [-0.1, -0.05) is 18.2 Å². The van der Waals surface area contributed by atoms with Crippen LogP contribution in [0.2, 0.25) is 0 Å². The fourth-order valence-corrected chi connectivity index (χ4v) is 1.79. The third-order valence-electron chi connectivity index (χ3n) is 2.40. The number of aromatic nitrogens is 2. The van der Waals surface area contributed by atoms with E-state index in [1.807, 2.05) is 35.0 Å². The summed E-state index contributed by atoms with van der Waals surface area (Å²) in [5, 5.41) is 8.97. The highest BCUT2D eigenvalue weighted by Crippen LogP contribution is 2.11. The van der Waals surface area contributed by atoms with Crippen LogP contribution in [-0.2, 0) is 12.4 Å². The molecule has 0 saturated carbocycles. The summed E-state index contributed by atoms with van der Waals surface area (Å²) in [7, 11) is 0. The molecule has 0 saturated heterocycles. The average Bonchev–Trinajstić information content (AvgIpc) is 2.77. The van der Waals surface area contributed by atoms with Crippen molar-refractivity contribution in [3.63, 3.8) is 0 Å². The number of imidazole rings is 1. The van der Waals surface area contributed by atoms with Crippen LogP contribution in [0.3, 0.4) is 0 Å². The Morgan fingerprint density at radius 3 is 2.94 bits per heavy atom. The highest BCUT2D eigenvalue weighted by atomic mass is 35.5. The van der Waals surface area contributed by atoms with Crippen molar-refractivity contribution in [3.05, 3.63) is 53.6 Å². The lowest BCUT2D eigenvalue weighted by atomic mass is 10.1. The molecule has 0 aliphatic heterocycles. The summed E-state index contributed by atoms with van der Waals surface area (Å²) in [6, 6.07) is 9.72. The molecule has 0 fully saturated rings. The maximum absolute atomic E-state index is 8.97. The van der Waals surface area contributed by atoms with Crippen molar-refractivity contribution >= 4 is 11.6 Å². The summed E-state index contributed by atoms with van der Waals surface area (Å²) in [6.45, 7) is 0.631. The van der Waals surface area contributed by atoms with Crippen molar-refractivity contribution in [2.45, 2.75) is 12.4 Å². The fourth-order valence-electron chi connectivity index (χ4n) is 1.57. The van der Waals surface area contributed by atoms with E-state index in [1.165, 1.54) is 0 Å². The highest BCUT2D eigenvalue weighted by molar-refractivity contribution is 6.16. The zero-order valence-corrected chi connectivity index (χ0v) is 9.35. The van der Waals surface area contributed by atoms with E-state index in [0.29, 0.717) is 18.0 Å². The molecule has 0 atom stereocenters. The van der Waals surface area contributed by atoms with Crippen LogP contribution in [0.1, 0.15) is 17.0 Å². The van der Waals surface area contributed by atoms with E-state index in [9.17, 15) is 0 Å². The molecule has 0 aliphatic rings. The van der Waals surface area contributed by atoms with Gasteiger partial charge < -0.3 is 4.57 Å². The minimum absolute atomic E-state index is 0.377. The molecule has 2 rings (SSSR count). The molecule has 1 aromatic heterocycles. The Hall–Kier alpha value is -1.79. The van der Waals surface area contributed by atoms with Gasteiger partial charge >= 0.3 is 0 Å². The summed E-state index contributed by atoms with van der Waals surface area (Å²) in [4.78, 5) is 4.13. The van der Waals surface area contributed by atoms with Gasteiger partial charge in [-0.15, -0.1) is 11.6 Å². The molecule has 1 aromatic carbocycles. The standard InChI is InChI=1S/C12H10ClN3/c13-7-12-15-5-6-16(12)9-11-4-2-1-3-10(11)8-14/h1-6H,7,9H2. The molecule has 0 N–H and O–H groups in total. The third-order valence-corrected chi connectivity index (χ3v) is 2.64. The molecule has 2 aromatic rings. The second-order valence-electron chi connectivity index (χ2n) is 3.37. The van der Waals surface area contributed by atoms with E-state index in [0.717, 1.165) is 11.4 Å². The fraction of sp³-hybridized carbons (Fsp3) is 0.167. The Bertz CT molecular complexity index is 525. The van der Waals surface area contributed by atoms with Crippen LogP contribution in [0.5, 0.6) is 0 Å². The molecule has 4 heteroatoms. The van der Waals surface area contributed by atoms with E-state index in [2.05, 4.69) is 11.1 Å².